The number of aromatic amines is 1. The molecule has 1 aromatic carbocycles. The van der Waals surface area contributed by atoms with Crippen LogP contribution in [0.1, 0.15) is 44.6 Å². The maximum atomic E-state index is 12.4. The molecule has 0 fully saturated rings. The van der Waals surface area contributed by atoms with Crippen LogP contribution in [0, 0.1) is 13.8 Å². The van der Waals surface area contributed by atoms with Crippen LogP contribution < -0.4 is 5.32 Å². The van der Waals surface area contributed by atoms with Crippen LogP contribution in [0.3, 0.4) is 0 Å². The number of benzene rings is 1. The van der Waals surface area contributed by atoms with E-state index in [9.17, 15) is 9.59 Å². The SMILES string of the molecule is CCOC(=O)c1c(C)[nH]c(C(=O)Nc2cccc(CO)c2)c1C. The monoisotopic (exact) mass is 316 g/mol. The zero-order valence-corrected chi connectivity index (χ0v) is 13.4. The molecule has 0 aliphatic rings. The van der Waals surface area contributed by atoms with Crippen molar-refractivity contribution in [3.05, 3.63) is 52.3 Å². The normalized spacial score (nSPS) is 10.4. The molecule has 2 aromatic rings. The highest BCUT2D eigenvalue weighted by molar-refractivity contribution is 6.06. The third-order valence-corrected chi connectivity index (χ3v) is 3.51. The van der Waals surface area contributed by atoms with E-state index in [1.165, 1.54) is 0 Å². The van der Waals surface area contributed by atoms with Gasteiger partial charge >= 0.3 is 5.97 Å². The van der Waals surface area contributed by atoms with Crippen LogP contribution in [0.4, 0.5) is 5.69 Å². The van der Waals surface area contributed by atoms with E-state index in [1.807, 2.05) is 0 Å². The number of aromatic nitrogens is 1. The Bertz CT molecular complexity index is 734. The van der Waals surface area contributed by atoms with Crippen molar-refractivity contribution in [3.8, 4) is 0 Å². The Morgan fingerprint density at radius 3 is 2.70 bits per heavy atom. The lowest BCUT2D eigenvalue weighted by molar-refractivity contribution is 0.0525. The number of carbonyl (C=O) groups excluding carboxylic acids is 2. The summed E-state index contributed by atoms with van der Waals surface area (Å²) < 4.78 is 5.01. The molecule has 3 N–H and O–H groups in total. The predicted octanol–water partition coefficient (Wildman–Crippen LogP) is 2.55. The van der Waals surface area contributed by atoms with E-state index < -0.39 is 5.97 Å². The molecule has 2 rings (SSSR count). The second kappa shape index (κ2) is 7.11. The fourth-order valence-electron chi connectivity index (χ4n) is 2.43. The summed E-state index contributed by atoms with van der Waals surface area (Å²) in [5, 5.41) is 11.9. The van der Waals surface area contributed by atoms with Crippen molar-refractivity contribution in [2.75, 3.05) is 11.9 Å². The van der Waals surface area contributed by atoms with E-state index in [2.05, 4.69) is 10.3 Å². The highest BCUT2D eigenvalue weighted by atomic mass is 16.5. The molecular formula is C17H20N2O4. The van der Waals surface area contributed by atoms with Gasteiger partial charge in [-0.15, -0.1) is 0 Å². The summed E-state index contributed by atoms with van der Waals surface area (Å²) in [5.74, 6) is -0.795. The minimum Gasteiger partial charge on any atom is -0.462 e. The minimum atomic E-state index is -0.444. The van der Waals surface area contributed by atoms with Crippen LogP contribution in [-0.2, 0) is 11.3 Å². The van der Waals surface area contributed by atoms with Gasteiger partial charge < -0.3 is 20.1 Å². The number of aliphatic hydroxyl groups is 1. The van der Waals surface area contributed by atoms with Crippen molar-refractivity contribution < 1.29 is 19.4 Å². The molecule has 0 atom stereocenters. The summed E-state index contributed by atoms with van der Waals surface area (Å²) in [5.41, 5.74) is 3.13. The van der Waals surface area contributed by atoms with Crippen molar-refractivity contribution in [2.24, 2.45) is 0 Å². The van der Waals surface area contributed by atoms with Gasteiger partial charge in [0.15, 0.2) is 0 Å². The molecule has 0 unspecified atom stereocenters. The van der Waals surface area contributed by atoms with Gasteiger partial charge in [-0.3, -0.25) is 4.79 Å². The van der Waals surface area contributed by atoms with Gasteiger partial charge in [0.25, 0.3) is 5.91 Å². The Labute approximate surface area is 134 Å². The number of hydrogen-bond acceptors (Lipinski definition) is 4. The molecule has 122 valence electrons. The van der Waals surface area contributed by atoms with E-state index in [0.29, 0.717) is 33.8 Å². The summed E-state index contributed by atoms with van der Waals surface area (Å²) >= 11 is 0. The lowest BCUT2D eigenvalue weighted by Crippen LogP contribution is -2.14. The molecule has 1 aromatic heterocycles. The fourth-order valence-corrected chi connectivity index (χ4v) is 2.43. The molecule has 0 saturated carbocycles. The Morgan fingerprint density at radius 1 is 1.30 bits per heavy atom. The van der Waals surface area contributed by atoms with E-state index in [4.69, 9.17) is 9.84 Å². The first-order chi connectivity index (χ1) is 11.0. The Morgan fingerprint density at radius 2 is 2.04 bits per heavy atom. The van der Waals surface area contributed by atoms with Gasteiger partial charge in [0.1, 0.15) is 5.69 Å². The third kappa shape index (κ3) is 3.60. The first-order valence-corrected chi connectivity index (χ1v) is 7.35. The molecule has 0 radical (unpaired) electrons. The topological polar surface area (TPSA) is 91.4 Å². The van der Waals surface area contributed by atoms with Crippen LogP contribution >= 0.6 is 0 Å². The second-order valence-corrected chi connectivity index (χ2v) is 5.16. The molecule has 0 aliphatic heterocycles. The number of aryl methyl sites for hydroxylation is 1. The van der Waals surface area contributed by atoms with Gasteiger partial charge in [-0.1, -0.05) is 12.1 Å². The molecule has 0 spiro atoms. The van der Waals surface area contributed by atoms with E-state index >= 15 is 0 Å². The number of hydrogen-bond donors (Lipinski definition) is 3. The molecule has 6 nitrogen and oxygen atoms in total. The quantitative estimate of drug-likeness (QED) is 0.739. The maximum absolute atomic E-state index is 12.4. The molecule has 0 saturated heterocycles. The smallest absolute Gasteiger partial charge is 0.340 e. The Hall–Kier alpha value is -2.60. The van der Waals surface area contributed by atoms with Crippen LogP contribution in [0.15, 0.2) is 24.3 Å². The number of esters is 1. The lowest BCUT2D eigenvalue weighted by Gasteiger charge is -2.06. The number of rotatable bonds is 5. The minimum absolute atomic E-state index is 0.0998. The molecule has 1 amide bonds. The third-order valence-electron chi connectivity index (χ3n) is 3.51. The number of H-pyrrole nitrogens is 1. The van der Waals surface area contributed by atoms with E-state index in [-0.39, 0.29) is 19.1 Å². The standard InChI is InChI=1S/C17H20N2O4/c1-4-23-17(22)14-10(2)15(18-11(14)3)16(21)19-13-7-5-6-12(8-13)9-20/h5-8,18,20H,4,9H2,1-3H3,(H,19,21). The Balaban J connectivity index is 2.26. The first kappa shape index (κ1) is 16.8. The average molecular weight is 316 g/mol. The zero-order valence-electron chi connectivity index (χ0n) is 13.4. The van der Waals surface area contributed by atoms with Crippen LogP contribution in [0.25, 0.3) is 0 Å². The van der Waals surface area contributed by atoms with Gasteiger partial charge in [0.2, 0.25) is 0 Å². The Kier molecular flexibility index (Phi) is 5.18. The number of aliphatic hydroxyl groups excluding tert-OH is 1. The molecule has 23 heavy (non-hydrogen) atoms. The number of carbonyl (C=O) groups is 2. The van der Waals surface area contributed by atoms with Gasteiger partial charge in [-0.25, -0.2) is 4.79 Å². The fraction of sp³-hybridized carbons (Fsp3) is 0.294. The van der Waals surface area contributed by atoms with Crippen LogP contribution in [0.5, 0.6) is 0 Å². The molecule has 0 aliphatic carbocycles. The van der Waals surface area contributed by atoms with Crippen molar-refractivity contribution in [2.45, 2.75) is 27.4 Å². The zero-order chi connectivity index (χ0) is 17.0. The summed E-state index contributed by atoms with van der Waals surface area (Å²) in [6.07, 6.45) is 0. The lowest BCUT2D eigenvalue weighted by atomic mass is 10.1. The molecule has 1 heterocycles. The predicted molar refractivity (Wildman–Crippen MR) is 86.5 cm³/mol. The van der Waals surface area contributed by atoms with E-state index in [0.717, 1.165) is 0 Å². The highest BCUT2D eigenvalue weighted by Gasteiger charge is 2.22. The second-order valence-electron chi connectivity index (χ2n) is 5.16. The highest BCUT2D eigenvalue weighted by Crippen LogP contribution is 2.20. The van der Waals surface area contributed by atoms with Crippen molar-refractivity contribution in [1.82, 2.24) is 4.98 Å². The van der Waals surface area contributed by atoms with Crippen LogP contribution in [-0.4, -0.2) is 28.6 Å². The number of ether oxygens (including phenoxy) is 1. The largest absolute Gasteiger partial charge is 0.462 e. The van der Waals surface area contributed by atoms with Gasteiger partial charge in [0, 0.05) is 11.4 Å². The number of nitrogens with one attached hydrogen (secondary N) is 2. The van der Waals surface area contributed by atoms with Gasteiger partial charge in [0.05, 0.1) is 18.8 Å². The number of anilines is 1. The van der Waals surface area contributed by atoms with Crippen molar-refractivity contribution in [1.29, 1.82) is 0 Å². The molecule has 6 heteroatoms. The number of amides is 1. The van der Waals surface area contributed by atoms with E-state index in [1.54, 1.807) is 45.0 Å². The van der Waals surface area contributed by atoms with Crippen molar-refractivity contribution >= 4 is 17.6 Å². The summed E-state index contributed by atoms with van der Waals surface area (Å²) in [7, 11) is 0. The summed E-state index contributed by atoms with van der Waals surface area (Å²) in [6, 6.07) is 6.93. The molecule has 0 bridgehead atoms. The van der Waals surface area contributed by atoms with Crippen LogP contribution in [0.2, 0.25) is 0 Å². The maximum Gasteiger partial charge on any atom is 0.340 e. The average Bonchev–Trinajstić information content (AvgIpc) is 2.82. The van der Waals surface area contributed by atoms with Gasteiger partial charge in [-0.2, -0.15) is 0 Å². The van der Waals surface area contributed by atoms with Crippen molar-refractivity contribution in [3.63, 3.8) is 0 Å². The molecular weight excluding hydrogens is 296 g/mol. The first-order valence-electron chi connectivity index (χ1n) is 7.35. The van der Waals surface area contributed by atoms with Gasteiger partial charge in [-0.05, 0) is 44.0 Å². The summed E-state index contributed by atoms with van der Waals surface area (Å²) in [6.45, 7) is 5.34. The summed E-state index contributed by atoms with van der Waals surface area (Å²) in [4.78, 5) is 27.3.